The summed E-state index contributed by atoms with van der Waals surface area (Å²) in [7, 11) is 0. The monoisotopic (exact) mass is 280 g/mol. The highest BCUT2D eigenvalue weighted by Gasteiger charge is 2.23. The van der Waals surface area contributed by atoms with Crippen molar-refractivity contribution in [2.24, 2.45) is 0 Å². The Morgan fingerprint density at radius 1 is 1.25 bits per heavy atom. The fraction of sp³-hybridized carbons (Fsp3) is 0.429. The van der Waals surface area contributed by atoms with Crippen LogP contribution in [0.15, 0.2) is 36.4 Å². The molecule has 1 fully saturated rings. The Labute approximate surface area is 106 Å². The molecule has 1 aliphatic heterocycles. The molecule has 0 amide bonds. The van der Waals surface area contributed by atoms with Crippen LogP contribution in [-0.2, 0) is 4.74 Å². The topological polar surface area (TPSA) is 9.23 Å². The predicted molar refractivity (Wildman–Crippen MR) is 71.8 cm³/mol. The van der Waals surface area contributed by atoms with E-state index in [1.54, 1.807) is 0 Å². The summed E-state index contributed by atoms with van der Waals surface area (Å²) in [5.41, 5.74) is 1.23. The van der Waals surface area contributed by atoms with E-state index in [-0.39, 0.29) is 6.10 Å². The summed E-state index contributed by atoms with van der Waals surface area (Å²) in [6, 6.07) is 10.3. The second-order valence-electron chi connectivity index (χ2n) is 4.32. The molecule has 1 aromatic carbocycles. The highest BCUT2D eigenvalue weighted by atomic mass is 79.9. The van der Waals surface area contributed by atoms with E-state index in [2.05, 4.69) is 59.3 Å². The SMILES string of the molecule is C[C@@H]1C[C@H](Br)C[C@H](/C=C/c2ccccc2)O1. The van der Waals surface area contributed by atoms with Crippen LogP contribution in [0.2, 0.25) is 0 Å². The number of alkyl halides is 1. The fourth-order valence-corrected chi connectivity index (χ4v) is 2.92. The van der Waals surface area contributed by atoms with E-state index < -0.39 is 0 Å². The van der Waals surface area contributed by atoms with Crippen LogP contribution in [0.3, 0.4) is 0 Å². The van der Waals surface area contributed by atoms with Crippen molar-refractivity contribution in [1.29, 1.82) is 0 Å². The van der Waals surface area contributed by atoms with Crippen LogP contribution in [-0.4, -0.2) is 17.0 Å². The molecule has 86 valence electrons. The summed E-state index contributed by atoms with van der Waals surface area (Å²) < 4.78 is 5.86. The second-order valence-corrected chi connectivity index (χ2v) is 5.62. The normalized spacial score (nSPS) is 30.8. The lowest BCUT2D eigenvalue weighted by molar-refractivity contribution is -0.0100. The van der Waals surface area contributed by atoms with Crippen LogP contribution in [0.4, 0.5) is 0 Å². The Kier molecular flexibility index (Phi) is 4.19. The molecule has 1 heterocycles. The first-order chi connectivity index (χ1) is 7.74. The molecule has 0 bridgehead atoms. The first-order valence-corrected chi connectivity index (χ1v) is 6.68. The van der Waals surface area contributed by atoms with E-state index in [1.807, 2.05) is 6.07 Å². The summed E-state index contributed by atoms with van der Waals surface area (Å²) in [5, 5.41) is 0. The zero-order valence-corrected chi connectivity index (χ0v) is 11.1. The molecule has 0 aliphatic carbocycles. The van der Waals surface area contributed by atoms with Crippen molar-refractivity contribution < 1.29 is 4.74 Å². The minimum atomic E-state index is 0.244. The molecule has 16 heavy (non-hydrogen) atoms. The molecule has 1 aromatic rings. The standard InChI is InChI=1S/C14H17BrO/c1-11-9-13(15)10-14(16-11)8-7-12-5-3-2-4-6-12/h2-8,11,13-14H,9-10H2,1H3/b8-7+/t11-,13+,14+/m1/s1. The van der Waals surface area contributed by atoms with Crippen molar-refractivity contribution in [3.05, 3.63) is 42.0 Å². The number of ether oxygens (including phenoxy) is 1. The minimum absolute atomic E-state index is 0.244. The fourth-order valence-electron chi connectivity index (χ4n) is 2.02. The lowest BCUT2D eigenvalue weighted by Crippen LogP contribution is -2.30. The first-order valence-electron chi connectivity index (χ1n) is 5.77. The molecule has 0 aromatic heterocycles. The molecule has 1 saturated heterocycles. The van der Waals surface area contributed by atoms with Crippen LogP contribution < -0.4 is 0 Å². The van der Waals surface area contributed by atoms with Gasteiger partial charge in [-0.1, -0.05) is 58.4 Å². The maximum Gasteiger partial charge on any atom is 0.0773 e. The maximum atomic E-state index is 5.86. The van der Waals surface area contributed by atoms with Crippen molar-refractivity contribution in [1.82, 2.24) is 0 Å². The molecule has 0 radical (unpaired) electrons. The van der Waals surface area contributed by atoms with Gasteiger partial charge in [-0.05, 0) is 25.3 Å². The molecule has 1 aliphatic rings. The van der Waals surface area contributed by atoms with Crippen molar-refractivity contribution in [2.75, 3.05) is 0 Å². The molecule has 0 spiro atoms. The number of rotatable bonds is 2. The molecule has 2 heteroatoms. The average molecular weight is 281 g/mol. The molecular weight excluding hydrogens is 264 g/mol. The summed E-state index contributed by atoms with van der Waals surface area (Å²) in [5.74, 6) is 0. The lowest BCUT2D eigenvalue weighted by atomic mass is 10.0. The molecule has 1 nitrogen and oxygen atoms in total. The van der Waals surface area contributed by atoms with Gasteiger partial charge in [-0.2, -0.15) is 0 Å². The van der Waals surface area contributed by atoms with E-state index in [0.29, 0.717) is 10.9 Å². The smallest absolute Gasteiger partial charge is 0.0773 e. The van der Waals surface area contributed by atoms with E-state index >= 15 is 0 Å². The van der Waals surface area contributed by atoms with Crippen LogP contribution >= 0.6 is 15.9 Å². The molecule has 0 unspecified atom stereocenters. The quantitative estimate of drug-likeness (QED) is 0.744. The van der Waals surface area contributed by atoms with Gasteiger partial charge in [-0.3, -0.25) is 0 Å². The van der Waals surface area contributed by atoms with Gasteiger partial charge in [0.05, 0.1) is 12.2 Å². The lowest BCUT2D eigenvalue weighted by Gasteiger charge is -2.29. The molecule has 2 rings (SSSR count). The molecule has 3 atom stereocenters. The van der Waals surface area contributed by atoms with Crippen molar-refractivity contribution in [3.8, 4) is 0 Å². The first kappa shape index (κ1) is 11.9. The largest absolute Gasteiger partial charge is 0.371 e. The van der Waals surface area contributed by atoms with Gasteiger partial charge < -0.3 is 4.74 Å². The second kappa shape index (κ2) is 5.65. The van der Waals surface area contributed by atoms with Gasteiger partial charge in [-0.15, -0.1) is 0 Å². The average Bonchev–Trinajstić information content (AvgIpc) is 2.27. The minimum Gasteiger partial charge on any atom is -0.371 e. The third kappa shape index (κ3) is 3.46. The number of hydrogen-bond acceptors (Lipinski definition) is 1. The van der Waals surface area contributed by atoms with E-state index in [4.69, 9.17) is 4.74 Å². The van der Waals surface area contributed by atoms with Gasteiger partial charge in [0.15, 0.2) is 0 Å². The van der Waals surface area contributed by atoms with Gasteiger partial charge in [0, 0.05) is 4.83 Å². The van der Waals surface area contributed by atoms with Gasteiger partial charge in [0.2, 0.25) is 0 Å². The van der Waals surface area contributed by atoms with Gasteiger partial charge in [-0.25, -0.2) is 0 Å². The molecule has 0 N–H and O–H groups in total. The Morgan fingerprint density at radius 3 is 2.69 bits per heavy atom. The van der Waals surface area contributed by atoms with Crippen molar-refractivity contribution in [2.45, 2.75) is 36.8 Å². The van der Waals surface area contributed by atoms with Crippen molar-refractivity contribution in [3.63, 3.8) is 0 Å². The highest BCUT2D eigenvalue weighted by Crippen LogP contribution is 2.25. The van der Waals surface area contributed by atoms with Crippen LogP contribution in [0.1, 0.15) is 25.3 Å². The van der Waals surface area contributed by atoms with E-state index in [9.17, 15) is 0 Å². The summed E-state index contributed by atoms with van der Waals surface area (Å²) in [6.45, 7) is 2.14. The van der Waals surface area contributed by atoms with Crippen LogP contribution in [0.25, 0.3) is 6.08 Å². The summed E-state index contributed by atoms with van der Waals surface area (Å²) in [4.78, 5) is 0.585. The summed E-state index contributed by atoms with van der Waals surface area (Å²) >= 11 is 3.68. The van der Waals surface area contributed by atoms with E-state index in [0.717, 1.165) is 12.8 Å². The van der Waals surface area contributed by atoms with Gasteiger partial charge >= 0.3 is 0 Å². The Hall–Kier alpha value is -0.600. The third-order valence-electron chi connectivity index (χ3n) is 2.79. The van der Waals surface area contributed by atoms with Crippen LogP contribution in [0.5, 0.6) is 0 Å². The third-order valence-corrected chi connectivity index (χ3v) is 3.53. The summed E-state index contributed by atoms with van der Waals surface area (Å²) in [6.07, 6.45) is 7.07. The Morgan fingerprint density at radius 2 is 2.00 bits per heavy atom. The van der Waals surface area contributed by atoms with E-state index in [1.165, 1.54) is 5.56 Å². The highest BCUT2D eigenvalue weighted by molar-refractivity contribution is 9.09. The number of hydrogen-bond donors (Lipinski definition) is 0. The number of halogens is 1. The Balaban J connectivity index is 1.96. The van der Waals surface area contributed by atoms with Crippen LogP contribution in [0, 0.1) is 0 Å². The maximum absolute atomic E-state index is 5.86. The zero-order chi connectivity index (χ0) is 11.4. The van der Waals surface area contributed by atoms with Gasteiger partial charge in [0.25, 0.3) is 0 Å². The predicted octanol–water partition coefficient (Wildman–Crippen LogP) is 4.03. The zero-order valence-electron chi connectivity index (χ0n) is 9.47. The van der Waals surface area contributed by atoms with Crippen molar-refractivity contribution >= 4 is 22.0 Å². The Bertz CT molecular complexity index is 337. The molecule has 0 saturated carbocycles. The molecular formula is C14H17BrO. The number of benzene rings is 1. The van der Waals surface area contributed by atoms with Gasteiger partial charge in [0.1, 0.15) is 0 Å².